The maximum Gasteiger partial charge on any atom is 0.153 e. The van der Waals surface area contributed by atoms with Crippen molar-refractivity contribution < 1.29 is 0 Å². The normalized spacial score (nSPS) is 10.9. The van der Waals surface area contributed by atoms with Crippen LogP contribution in [0.25, 0.3) is 10.9 Å². The summed E-state index contributed by atoms with van der Waals surface area (Å²) in [5.74, 6) is 0.601. The van der Waals surface area contributed by atoms with Crippen molar-refractivity contribution in [1.82, 2.24) is 9.78 Å². The fourth-order valence-electron chi connectivity index (χ4n) is 1.41. The van der Waals surface area contributed by atoms with Crippen LogP contribution in [0.4, 0.5) is 5.82 Å². The molecule has 0 aliphatic rings. The molecule has 2 N–H and O–H groups in total. The second kappa shape index (κ2) is 3.03. The highest BCUT2D eigenvalue weighted by atomic mass is 79.9. The zero-order chi connectivity index (χ0) is 9.42. The van der Waals surface area contributed by atoms with Crippen LogP contribution in [0.1, 0.15) is 6.92 Å². The third-order valence-corrected chi connectivity index (χ3v) is 2.54. The summed E-state index contributed by atoms with van der Waals surface area (Å²) >= 11 is 3.42. The van der Waals surface area contributed by atoms with Gasteiger partial charge in [-0.15, -0.1) is 0 Å². The molecule has 0 radical (unpaired) electrons. The molecule has 0 aliphatic carbocycles. The van der Waals surface area contributed by atoms with E-state index >= 15 is 0 Å². The Bertz CT molecular complexity index is 447. The van der Waals surface area contributed by atoms with Crippen LogP contribution >= 0.6 is 15.9 Å². The van der Waals surface area contributed by atoms with E-state index in [1.165, 1.54) is 0 Å². The van der Waals surface area contributed by atoms with Crippen molar-refractivity contribution in [3.8, 4) is 0 Å². The SMILES string of the molecule is CCn1nc(N)c2ccc(Br)cc21. The molecule has 0 saturated heterocycles. The van der Waals surface area contributed by atoms with Crippen LogP contribution in [0.15, 0.2) is 22.7 Å². The number of hydrogen-bond acceptors (Lipinski definition) is 2. The highest BCUT2D eigenvalue weighted by Gasteiger charge is 2.05. The Morgan fingerprint density at radius 2 is 2.31 bits per heavy atom. The van der Waals surface area contributed by atoms with E-state index in [0.29, 0.717) is 5.82 Å². The van der Waals surface area contributed by atoms with Gasteiger partial charge in [0.15, 0.2) is 5.82 Å². The lowest BCUT2D eigenvalue weighted by molar-refractivity contribution is 0.687. The standard InChI is InChI=1S/C9H10BrN3/c1-2-13-8-5-6(10)3-4-7(8)9(11)12-13/h3-5H,2H2,1H3,(H2,11,12). The number of aryl methyl sites for hydroxylation is 1. The molecule has 68 valence electrons. The maximum absolute atomic E-state index is 5.76. The predicted octanol–water partition coefficient (Wildman–Crippen LogP) is 2.40. The Labute approximate surface area is 84.7 Å². The number of aromatic nitrogens is 2. The number of nitrogens with two attached hydrogens (primary N) is 1. The van der Waals surface area contributed by atoms with E-state index in [-0.39, 0.29) is 0 Å². The first kappa shape index (κ1) is 8.56. The molecule has 0 saturated carbocycles. The van der Waals surface area contributed by atoms with Crippen LogP contribution in [0.3, 0.4) is 0 Å². The van der Waals surface area contributed by atoms with Gasteiger partial charge in [0.05, 0.1) is 5.52 Å². The second-order valence-corrected chi connectivity index (χ2v) is 3.78. The van der Waals surface area contributed by atoms with Crippen LogP contribution in [0.5, 0.6) is 0 Å². The summed E-state index contributed by atoms with van der Waals surface area (Å²) < 4.78 is 2.95. The topological polar surface area (TPSA) is 43.8 Å². The average Bonchev–Trinajstić information content (AvgIpc) is 2.42. The van der Waals surface area contributed by atoms with E-state index in [1.54, 1.807) is 0 Å². The van der Waals surface area contributed by atoms with Crippen LogP contribution in [0.2, 0.25) is 0 Å². The van der Waals surface area contributed by atoms with Gasteiger partial charge in [-0.25, -0.2) is 0 Å². The van der Waals surface area contributed by atoms with Crippen LogP contribution in [0, 0.1) is 0 Å². The molecule has 0 spiro atoms. The van der Waals surface area contributed by atoms with E-state index in [9.17, 15) is 0 Å². The monoisotopic (exact) mass is 239 g/mol. The molecule has 0 amide bonds. The minimum Gasteiger partial charge on any atom is -0.382 e. The number of hydrogen-bond donors (Lipinski definition) is 1. The summed E-state index contributed by atoms with van der Waals surface area (Å²) in [5, 5.41) is 5.24. The molecular weight excluding hydrogens is 230 g/mol. The van der Waals surface area contributed by atoms with Crippen LogP contribution < -0.4 is 5.73 Å². The van der Waals surface area contributed by atoms with E-state index < -0.39 is 0 Å². The quantitative estimate of drug-likeness (QED) is 0.831. The number of anilines is 1. The van der Waals surface area contributed by atoms with Crippen molar-refractivity contribution >= 4 is 32.7 Å². The van der Waals surface area contributed by atoms with Crippen molar-refractivity contribution in [2.24, 2.45) is 0 Å². The summed E-state index contributed by atoms with van der Waals surface area (Å²) in [6.07, 6.45) is 0. The minimum atomic E-state index is 0.601. The molecule has 4 heteroatoms. The smallest absolute Gasteiger partial charge is 0.153 e. The van der Waals surface area contributed by atoms with E-state index in [0.717, 1.165) is 21.9 Å². The molecule has 0 aliphatic heterocycles. The summed E-state index contributed by atoms with van der Waals surface area (Å²) in [6, 6.07) is 5.98. The van der Waals surface area contributed by atoms with Gasteiger partial charge < -0.3 is 5.73 Å². The highest BCUT2D eigenvalue weighted by molar-refractivity contribution is 9.10. The molecule has 0 unspecified atom stereocenters. The van der Waals surface area contributed by atoms with Crippen molar-refractivity contribution in [3.05, 3.63) is 22.7 Å². The Morgan fingerprint density at radius 3 is 3.00 bits per heavy atom. The fourth-order valence-corrected chi connectivity index (χ4v) is 1.76. The summed E-state index contributed by atoms with van der Waals surface area (Å²) in [7, 11) is 0. The van der Waals surface area contributed by atoms with Crippen LogP contribution in [-0.2, 0) is 6.54 Å². The van der Waals surface area contributed by atoms with Gasteiger partial charge in [0.1, 0.15) is 0 Å². The lowest BCUT2D eigenvalue weighted by Gasteiger charge is -1.97. The molecule has 2 rings (SSSR count). The molecule has 0 bridgehead atoms. The number of benzene rings is 1. The average molecular weight is 240 g/mol. The number of halogens is 1. The minimum absolute atomic E-state index is 0.601. The summed E-state index contributed by atoms with van der Waals surface area (Å²) in [4.78, 5) is 0. The molecule has 3 nitrogen and oxygen atoms in total. The third kappa shape index (κ3) is 1.31. The van der Waals surface area contributed by atoms with Crippen molar-refractivity contribution in [2.45, 2.75) is 13.5 Å². The Hall–Kier alpha value is -1.03. The molecular formula is C9H10BrN3. The molecule has 0 fully saturated rings. The van der Waals surface area contributed by atoms with Crippen molar-refractivity contribution in [3.63, 3.8) is 0 Å². The first-order chi connectivity index (χ1) is 6.22. The number of nitrogens with zero attached hydrogens (tertiary/aromatic N) is 2. The van der Waals surface area contributed by atoms with Crippen molar-refractivity contribution in [2.75, 3.05) is 5.73 Å². The lowest BCUT2D eigenvalue weighted by Crippen LogP contribution is -1.96. The van der Waals surface area contributed by atoms with Gasteiger partial charge in [0.2, 0.25) is 0 Å². The van der Waals surface area contributed by atoms with E-state index in [4.69, 9.17) is 5.73 Å². The largest absolute Gasteiger partial charge is 0.382 e. The first-order valence-corrected chi connectivity index (χ1v) is 4.93. The summed E-state index contributed by atoms with van der Waals surface area (Å²) in [5.41, 5.74) is 6.83. The van der Waals surface area contributed by atoms with Gasteiger partial charge in [-0.1, -0.05) is 15.9 Å². The van der Waals surface area contributed by atoms with Gasteiger partial charge in [-0.2, -0.15) is 5.10 Å². The molecule has 2 aromatic rings. The lowest BCUT2D eigenvalue weighted by atomic mass is 10.2. The van der Waals surface area contributed by atoms with Crippen molar-refractivity contribution in [1.29, 1.82) is 0 Å². The van der Waals surface area contributed by atoms with Gasteiger partial charge in [-0.05, 0) is 25.1 Å². The second-order valence-electron chi connectivity index (χ2n) is 2.86. The summed E-state index contributed by atoms with van der Waals surface area (Å²) in [6.45, 7) is 2.89. The van der Waals surface area contributed by atoms with Crippen LogP contribution in [-0.4, -0.2) is 9.78 Å². The Morgan fingerprint density at radius 1 is 1.54 bits per heavy atom. The predicted molar refractivity (Wildman–Crippen MR) is 57.5 cm³/mol. The van der Waals surface area contributed by atoms with Gasteiger partial charge >= 0.3 is 0 Å². The highest BCUT2D eigenvalue weighted by Crippen LogP contribution is 2.23. The number of nitrogen functional groups attached to an aromatic ring is 1. The zero-order valence-electron chi connectivity index (χ0n) is 7.29. The first-order valence-electron chi connectivity index (χ1n) is 4.14. The molecule has 1 heterocycles. The third-order valence-electron chi connectivity index (χ3n) is 2.04. The zero-order valence-corrected chi connectivity index (χ0v) is 8.87. The van der Waals surface area contributed by atoms with E-state index in [2.05, 4.69) is 21.0 Å². The number of fused-ring (bicyclic) bond motifs is 1. The Kier molecular flexibility index (Phi) is 2.00. The molecule has 13 heavy (non-hydrogen) atoms. The Balaban J connectivity index is 2.81. The van der Waals surface area contributed by atoms with E-state index in [1.807, 2.05) is 29.8 Å². The number of rotatable bonds is 1. The fraction of sp³-hybridized carbons (Fsp3) is 0.222. The van der Waals surface area contributed by atoms with Gasteiger partial charge in [0, 0.05) is 16.4 Å². The van der Waals surface area contributed by atoms with Gasteiger partial charge in [0.25, 0.3) is 0 Å². The van der Waals surface area contributed by atoms with Gasteiger partial charge in [-0.3, -0.25) is 4.68 Å². The maximum atomic E-state index is 5.76. The molecule has 0 atom stereocenters. The molecule has 1 aromatic carbocycles. The molecule has 1 aromatic heterocycles.